The summed E-state index contributed by atoms with van der Waals surface area (Å²) < 4.78 is 1.68. The molecule has 2 aromatic rings. The van der Waals surface area contributed by atoms with Gasteiger partial charge in [-0.05, 0) is 31.2 Å². The van der Waals surface area contributed by atoms with Crippen molar-refractivity contribution in [1.29, 1.82) is 0 Å². The van der Waals surface area contributed by atoms with Crippen molar-refractivity contribution in [2.45, 2.75) is 13.5 Å². The number of rotatable bonds is 3. The Bertz CT molecular complexity index is 580. The normalized spacial score (nSPS) is 10.4. The average molecular weight is 284 g/mol. The molecule has 6 heteroatoms. The Kier molecular flexibility index (Phi) is 3.89. The van der Waals surface area contributed by atoms with Crippen molar-refractivity contribution in [1.82, 2.24) is 9.78 Å². The number of aryl methyl sites for hydroxylation is 1. The first-order valence-corrected chi connectivity index (χ1v) is 6.15. The highest BCUT2D eigenvalue weighted by molar-refractivity contribution is 6.36. The van der Waals surface area contributed by atoms with Crippen LogP contribution in [0, 0.1) is 0 Å². The van der Waals surface area contributed by atoms with Gasteiger partial charge in [-0.3, -0.25) is 9.48 Å². The monoisotopic (exact) mass is 283 g/mol. The average Bonchev–Trinajstić information content (AvgIpc) is 2.81. The first-order valence-electron chi connectivity index (χ1n) is 5.40. The van der Waals surface area contributed by atoms with Crippen LogP contribution in [0.3, 0.4) is 0 Å². The minimum absolute atomic E-state index is 0.300. The van der Waals surface area contributed by atoms with Gasteiger partial charge in [0.05, 0.1) is 10.7 Å². The Morgan fingerprint density at radius 1 is 1.39 bits per heavy atom. The third-order valence-corrected chi connectivity index (χ3v) is 2.92. The van der Waals surface area contributed by atoms with Crippen molar-refractivity contribution in [3.8, 4) is 0 Å². The number of nitrogens with one attached hydrogen (secondary N) is 1. The molecule has 1 N–H and O–H groups in total. The number of hydrogen-bond acceptors (Lipinski definition) is 2. The number of nitrogens with zero attached hydrogens (tertiary/aromatic N) is 2. The highest BCUT2D eigenvalue weighted by atomic mass is 35.5. The molecule has 0 aliphatic rings. The Morgan fingerprint density at radius 2 is 2.17 bits per heavy atom. The molecule has 0 atom stereocenters. The number of anilines is 1. The van der Waals surface area contributed by atoms with Crippen molar-refractivity contribution in [2.75, 3.05) is 5.32 Å². The van der Waals surface area contributed by atoms with E-state index in [0.29, 0.717) is 21.4 Å². The summed E-state index contributed by atoms with van der Waals surface area (Å²) in [6.07, 6.45) is 1.75. The second-order valence-corrected chi connectivity index (χ2v) is 4.48. The molecule has 0 fully saturated rings. The van der Waals surface area contributed by atoms with Gasteiger partial charge in [0, 0.05) is 17.8 Å². The van der Waals surface area contributed by atoms with Crippen LogP contribution in [0.2, 0.25) is 10.0 Å². The summed E-state index contributed by atoms with van der Waals surface area (Å²) in [5, 5.41) is 7.71. The SMILES string of the molecule is CCn1ccc(C(=O)Nc2ccc(Cl)cc2Cl)n1. The number of benzene rings is 1. The summed E-state index contributed by atoms with van der Waals surface area (Å²) in [6, 6.07) is 6.54. The Labute approximate surface area is 115 Å². The van der Waals surface area contributed by atoms with Crippen LogP contribution in [0.4, 0.5) is 5.69 Å². The maximum Gasteiger partial charge on any atom is 0.276 e. The van der Waals surface area contributed by atoms with Gasteiger partial charge in [0.2, 0.25) is 0 Å². The molecule has 0 spiro atoms. The lowest BCUT2D eigenvalue weighted by atomic mass is 10.3. The van der Waals surface area contributed by atoms with Crippen LogP contribution in [0.5, 0.6) is 0 Å². The molecule has 0 radical (unpaired) electrons. The second-order valence-electron chi connectivity index (χ2n) is 3.63. The number of aromatic nitrogens is 2. The predicted molar refractivity (Wildman–Crippen MR) is 72.3 cm³/mol. The highest BCUT2D eigenvalue weighted by Gasteiger charge is 2.11. The van der Waals surface area contributed by atoms with E-state index in [1.807, 2.05) is 6.92 Å². The molecule has 1 amide bonds. The molecular formula is C12H11Cl2N3O. The predicted octanol–water partition coefficient (Wildman–Crippen LogP) is 3.46. The second kappa shape index (κ2) is 5.42. The van der Waals surface area contributed by atoms with E-state index in [2.05, 4.69) is 10.4 Å². The fourth-order valence-corrected chi connectivity index (χ4v) is 1.89. The van der Waals surface area contributed by atoms with E-state index >= 15 is 0 Å². The molecule has 0 aliphatic heterocycles. The summed E-state index contributed by atoms with van der Waals surface area (Å²) in [7, 11) is 0. The van der Waals surface area contributed by atoms with Gasteiger partial charge in [-0.1, -0.05) is 23.2 Å². The third-order valence-electron chi connectivity index (χ3n) is 2.38. The summed E-state index contributed by atoms with van der Waals surface area (Å²) in [5.41, 5.74) is 0.861. The summed E-state index contributed by atoms with van der Waals surface area (Å²) in [6.45, 7) is 2.67. The fourth-order valence-electron chi connectivity index (χ4n) is 1.44. The summed E-state index contributed by atoms with van der Waals surface area (Å²) >= 11 is 11.7. The van der Waals surface area contributed by atoms with Gasteiger partial charge in [-0.2, -0.15) is 5.10 Å². The van der Waals surface area contributed by atoms with Crippen molar-refractivity contribution in [2.24, 2.45) is 0 Å². The van der Waals surface area contributed by atoms with Crippen molar-refractivity contribution in [3.05, 3.63) is 46.2 Å². The van der Waals surface area contributed by atoms with Gasteiger partial charge in [-0.15, -0.1) is 0 Å². The maximum absolute atomic E-state index is 11.9. The minimum Gasteiger partial charge on any atom is -0.319 e. The molecular weight excluding hydrogens is 273 g/mol. The van der Waals surface area contributed by atoms with Crippen molar-refractivity contribution in [3.63, 3.8) is 0 Å². The highest BCUT2D eigenvalue weighted by Crippen LogP contribution is 2.25. The lowest BCUT2D eigenvalue weighted by molar-refractivity contribution is 0.102. The molecule has 0 saturated carbocycles. The number of halogens is 2. The largest absolute Gasteiger partial charge is 0.319 e. The van der Waals surface area contributed by atoms with E-state index in [-0.39, 0.29) is 5.91 Å². The van der Waals surface area contributed by atoms with Gasteiger partial charge in [0.25, 0.3) is 5.91 Å². The molecule has 94 valence electrons. The van der Waals surface area contributed by atoms with Gasteiger partial charge in [0.15, 0.2) is 5.69 Å². The van der Waals surface area contributed by atoms with Crippen molar-refractivity contribution < 1.29 is 4.79 Å². The van der Waals surface area contributed by atoms with Crippen LogP contribution in [0.1, 0.15) is 17.4 Å². The van der Waals surface area contributed by atoms with Crippen LogP contribution in [-0.2, 0) is 6.54 Å². The zero-order valence-corrected chi connectivity index (χ0v) is 11.2. The molecule has 0 unspecified atom stereocenters. The number of carbonyl (C=O) groups is 1. The standard InChI is InChI=1S/C12H11Cl2N3O/c1-2-17-6-5-11(16-17)12(18)15-10-4-3-8(13)7-9(10)14/h3-7H,2H2,1H3,(H,15,18). The zero-order chi connectivity index (χ0) is 13.1. The Balaban J connectivity index is 2.16. The first-order chi connectivity index (χ1) is 8.60. The van der Waals surface area contributed by atoms with Gasteiger partial charge in [-0.25, -0.2) is 0 Å². The van der Waals surface area contributed by atoms with Crippen LogP contribution in [-0.4, -0.2) is 15.7 Å². The number of amides is 1. The lowest BCUT2D eigenvalue weighted by Gasteiger charge is -2.05. The van der Waals surface area contributed by atoms with Gasteiger partial charge in [0.1, 0.15) is 0 Å². The molecule has 1 aromatic carbocycles. The molecule has 1 heterocycles. The quantitative estimate of drug-likeness (QED) is 0.938. The Hall–Kier alpha value is -1.52. The number of carbonyl (C=O) groups excluding carboxylic acids is 1. The van der Waals surface area contributed by atoms with E-state index in [1.54, 1.807) is 35.1 Å². The first kappa shape index (κ1) is 12.9. The maximum atomic E-state index is 11.9. The van der Waals surface area contributed by atoms with E-state index < -0.39 is 0 Å². The minimum atomic E-state index is -0.300. The van der Waals surface area contributed by atoms with E-state index in [0.717, 1.165) is 6.54 Å². The Morgan fingerprint density at radius 3 is 2.78 bits per heavy atom. The van der Waals surface area contributed by atoms with E-state index in [9.17, 15) is 4.79 Å². The molecule has 4 nitrogen and oxygen atoms in total. The van der Waals surface area contributed by atoms with E-state index in [4.69, 9.17) is 23.2 Å². The molecule has 18 heavy (non-hydrogen) atoms. The van der Waals surface area contributed by atoms with Crippen LogP contribution in [0.15, 0.2) is 30.5 Å². The van der Waals surface area contributed by atoms with Crippen molar-refractivity contribution >= 4 is 34.8 Å². The van der Waals surface area contributed by atoms with E-state index in [1.165, 1.54) is 0 Å². The topological polar surface area (TPSA) is 46.9 Å². The smallest absolute Gasteiger partial charge is 0.276 e. The molecule has 0 aliphatic carbocycles. The van der Waals surface area contributed by atoms with Crippen LogP contribution < -0.4 is 5.32 Å². The zero-order valence-electron chi connectivity index (χ0n) is 9.65. The molecule has 1 aromatic heterocycles. The van der Waals surface area contributed by atoms with Crippen LogP contribution >= 0.6 is 23.2 Å². The third kappa shape index (κ3) is 2.83. The summed E-state index contributed by atoms with van der Waals surface area (Å²) in [4.78, 5) is 11.9. The van der Waals surface area contributed by atoms with Gasteiger partial charge < -0.3 is 5.32 Å². The van der Waals surface area contributed by atoms with Gasteiger partial charge >= 0.3 is 0 Å². The van der Waals surface area contributed by atoms with Crippen LogP contribution in [0.25, 0.3) is 0 Å². The molecule has 0 bridgehead atoms. The molecule has 0 saturated heterocycles. The fraction of sp³-hybridized carbons (Fsp3) is 0.167. The molecule has 2 rings (SSSR count). The number of hydrogen-bond donors (Lipinski definition) is 1. The summed E-state index contributed by atoms with van der Waals surface area (Å²) in [5.74, 6) is -0.300. The lowest BCUT2D eigenvalue weighted by Crippen LogP contribution is -2.13.